The second-order valence-corrected chi connectivity index (χ2v) is 13.9. The van der Waals surface area contributed by atoms with Crippen LogP contribution in [0.3, 0.4) is 0 Å². The maximum Gasteiger partial charge on any atom is 0.317 e. The number of allylic oxidation sites excluding steroid dienone is 2. The summed E-state index contributed by atoms with van der Waals surface area (Å²) in [5.74, 6) is 0.0124. The average molecular weight is 579 g/mol. The molecule has 0 radical (unpaired) electrons. The summed E-state index contributed by atoms with van der Waals surface area (Å²) in [7, 11) is -0.846. The Bertz CT molecular complexity index is 1370. The Kier molecular flexibility index (Phi) is 11.3. The summed E-state index contributed by atoms with van der Waals surface area (Å²) in [5, 5.41) is 3.74. The molecule has 0 spiro atoms. The van der Waals surface area contributed by atoms with E-state index in [4.69, 9.17) is 4.74 Å². The number of aldehydes is 1. The molecule has 0 bridgehead atoms. The van der Waals surface area contributed by atoms with Crippen molar-refractivity contribution in [2.45, 2.75) is 53.1 Å². The van der Waals surface area contributed by atoms with Gasteiger partial charge in [0.25, 0.3) is 0 Å². The van der Waals surface area contributed by atoms with Crippen LogP contribution < -0.4 is 15.9 Å². The third-order valence-electron chi connectivity index (χ3n) is 8.15. The molecule has 0 saturated carbocycles. The van der Waals surface area contributed by atoms with Crippen LogP contribution in [0.2, 0.25) is 0 Å². The minimum atomic E-state index is -0.846. The summed E-state index contributed by atoms with van der Waals surface area (Å²) in [5.41, 5.74) is 3.10. The fourth-order valence-electron chi connectivity index (χ4n) is 5.48. The Morgan fingerprint density at radius 3 is 2.07 bits per heavy atom. The molecule has 4 heteroatoms. The highest BCUT2D eigenvalue weighted by Gasteiger charge is 2.32. The topological polar surface area (TPSA) is 43.4 Å². The fourth-order valence-corrected chi connectivity index (χ4v) is 7.95. The highest BCUT2D eigenvalue weighted by molar-refractivity contribution is 7.80. The Hall–Kier alpha value is -3.55. The standard InChI is InChI=1S/C38H43O3P/c1-27(2)29(5)25-31(26-30(23-24-39)28(3)4)41-38(40)36-21-14-20-34(36)35-19-12-13-22-37(35)42(32-15-8-6-9-16-32)33-17-10-7-11-18-33/h6-22,24,27-28,30-31,36H,5,23,25-26H2,1-4H3/t30-,31-,36?/m1/s1. The second-order valence-electron chi connectivity index (χ2n) is 11.7. The zero-order valence-corrected chi connectivity index (χ0v) is 26.2. The van der Waals surface area contributed by atoms with Gasteiger partial charge in [-0.1, -0.05) is 143 Å². The number of carbonyl (C=O) groups is 2. The van der Waals surface area contributed by atoms with Gasteiger partial charge in [0.15, 0.2) is 0 Å². The zero-order chi connectivity index (χ0) is 30.1. The zero-order valence-electron chi connectivity index (χ0n) is 25.3. The first kappa shape index (κ1) is 31.4. The lowest BCUT2D eigenvalue weighted by atomic mass is 9.85. The first-order valence-corrected chi connectivity index (χ1v) is 16.3. The molecule has 3 aromatic rings. The number of hydrogen-bond donors (Lipinski definition) is 0. The number of hydrogen-bond acceptors (Lipinski definition) is 3. The van der Waals surface area contributed by atoms with Crippen molar-refractivity contribution in [1.82, 2.24) is 0 Å². The Labute approximate surface area is 253 Å². The van der Waals surface area contributed by atoms with E-state index in [0.717, 1.165) is 23.0 Å². The summed E-state index contributed by atoms with van der Waals surface area (Å²) in [4.78, 5) is 25.3. The molecule has 0 aromatic heterocycles. The molecule has 0 N–H and O–H groups in total. The molecule has 0 aliphatic heterocycles. The monoisotopic (exact) mass is 578 g/mol. The molecule has 0 fully saturated rings. The van der Waals surface area contributed by atoms with Crippen LogP contribution in [0.5, 0.6) is 0 Å². The van der Waals surface area contributed by atoms with E-state index in [1.807, 2.05) is 30.4 Å². The smallest absolute Gasteiger partial charge is 0.317 e. The Morgan fingerprint density at radius 1 is 0.905 bits per heavy atom. The summed E-state index contributed by atoms with van der Waals surface area (Å²) >= 11 is 0. The van der Waals surface area contributed by atoms with Gasteiger partial charge in [0.05, 0.1) is 0 Å². The maximum absolute atomic E-state index is 13.9. The molecule has 0 amide bonds. The molecule has 42 heavy (non-hydrogen) atoms. The van der Waals surface area contributed by atoms with Gasteiger partial charge in [-0.2, -0.15) is 0 Å². The summed E-state index contributed by atoms with van der Waals surface area (Å²) in [6.45, 7) is 12.7. The molecule has 1 aliphatic carbocycles. The van der Waals surface area contributed by atoms with Crippen molar-refractivity contribution in [3.63, 3.8) is 0 Å². The van der Waals surface area contributed by atoms with Crippen molar-refractivity contribution in [3.8, 4) is 0 Å². The molecule has 3 atom stereocenters. The van der Waals surface area contributed by atoms with E-state index in [2.05, 4.69) is 107 Å². The Balaban J connectivity index is 1.65. The first-order chi connectivity index (χ1) is 20.3. The quantitative estimate of drug-likeness (QED) is 0.0849. The van der Waals surface area contributed by atoms with Gasteiger partial charge in [-0.05, 0) is 59.1 Å². The van der Waals surface area contributed by atoms with Gasteiger partial charge in [0.1, 0.15) is 18.3 Å². The summed E-state index contributed by atoms with van der Waals surface area (Å²) in [6, 6.07) is 29.7. The van der Waals surface area contributed by atoms with Gasteiger partial charge >= 0.3 is 5.97 Å². The highest BCUT2D eigenvalue weighted by atomic mass is 31.1. The molecule has 1 aliphatic rings. The minimum absolute atomic E-state index is 0.149. The van der Waals surface area contributed by atoms with E-state index in [9.17, 15) is 9.59 Å². The lowest BCUT2D eigenvalue weighted by molar-refractivity contribution is -0.151. The number of rotatable bonds is 14. The van der Waals surface area contributed by atoms with Gasteiger partial charge in [0, 0.05) is 12.8 Å². The molecular weight excluding hydrogens is 535 g/mol. The van der Waals surface area contributed by atoms with Crippen molar-refractivity contribution in [1.29, 1.82) is 0 Å². The van der Waals surface area contributed by atoms with Gasteiger partial charge < -0.3 is 9.53 Å². The minimum Gasteiger partial charge on any atom is -0.461 e. The Morgan fingerprint density at radius 2 is 1.50 bits per heavy atom. The van der Waals surface area contributed by atoms with E-state index < -0.39 is 13.8 Å². The first-order valence-electron chi connectivity index (χ1n) is 15.0. The molecule has 0 saturated heterocycles. The van der Waals surface area contributed by atoms with E-state index >= 15 is 0 Å². The summed E-state index contributed by atoms with van der Waals surface area (Å²) in [6.07, 6.45) is 8.34. The van der Waals surface area contributed by atoms with Crippen LogP contribution in [0, 0.1) is 23.7 Å². The predicted molar refractivity (Wildman–Crippen MR) is 178 cm³/mol. The number of ether oxygens (including phenoxy) is 1. The van der Waals surface area contributed by atoms with Crippen LogP contribution in [0.25, 0.3) is 5.57 Å². The molecule has 4 rings (SSSR count). The number of esters is 1. The van der Waals surface area contributed by atoms with Crippen molar-refractivity contribution in [2.75, 3.05) is 0 Å². The SMILES string of the molecule is C=C(C[C@H](C[C@@H](CC=O)C(C)C)OC(=O)C1C=CC=C1c1ccccc1P(c1ccccc1)c1ccccc1)C(C)C. The lowest BCUT2D eigenvalue weighted by Gasteiger charge is -2.28. The van der Waals surface area contributed by atoms with E-state index in [1.54, 1.807) is 0 Å². The average Bonchev–Trinajstić information content (AvgIpc) is 3.48. The summed E-state index contributed by atoms with van der Waals surface area (Å²) < 4.78 is 6.30. The van der Waals surface area contributed by atoms with Gasteiger partial charge in [-0.25, -0.2) is 0 Å². The fraction of sp³-hybridized carbons (Fsp3) is 0.316. The second kappa shape index (κ2) is 15.1. The highest BCUT2D eigenvalue weighted by Crippen LogP contribution is 2.39. The predicted octanol–water partition coefficient (Wildman–Crippen LogP) is 7.78. The van der Waals surface area contributed by atoms with Crippen LogP contribution in [-0.2, 0) is 14.3 Å². The lowest BCUT2D eigenvalue weighted by Crippen LogP contribution is -2.29. The van der Waals surface area contributed by atoms with E-state index in [1.165, 1.54) is 15.9 Å². The van der Waals surface area contributed by atoms with Crippen LogP contribution >= 0.6 is 7.92 Å². The molecule has 0 heterocycles. The molecule has 3 aromatic carbocycles. The van der Waals surface area contributed by atoms with Gasteiger partial charge in [-0.15, -0.1) is 0 Å². The molecule has 1 unspecified atom stereocenters. The van der Waals surface area contributed by atoms with Crippen LogP contribution in [-0.4, -0.2) is 18.4 Å². The maximum atomic E-state index is 13.9. The van der Waals surface area contributed by atoms with Crippen molar-refractivity contribution >= 4 is 41.7 Å². The van der Waals surface area contributed by atoms with Crippen molar-refractivity contribution < 1.29 is 14.3 Å². The number of carbonyl (C=O) groups excluding carboxylic acids is 2. The van der Waals surface area contributed by atoms with Gasteiger partial charge in [0.2, 0.25) is 0 Å². The van der Waals surface area contributed by atoms with Crippen molar-refractivity contribution in [2.24, 2.45) is 23.7 Å². The van der Waals surface area contributed by atoms with Gasteiger partial charge in [-0.3, -0.25) is 4.79 Å². The third-order valence-corrected chi connectivity index (χ3v) is 10.7. The van der Waals surface area contributed by atoms with Crippen LogP contribution in [0.1, 0.15) is 52.5 Å². The number of benzene rings is 3. The van der Waals surface area contributed by atoms with E-state index in [0.29, 0.717) is 31.1 Å². The normalized spacial score (nSPS) is 16.0. The van der Waals surface area contributed by atoms with Crippen molar-refractivity contribution in [3.05, 3.63) is 121 Å². The third kappa shape index (κ3) is 7.84. The molecule has 3 nitrogen and oxygen atoms in total. The van der Waals surface area contributed by atoms with E-state index in [-0.39, 0.29) is 18.0 Å². The molecular formula is C38H43O3P. The van der Waals surface area contributed by atoms with Crippen LogP contribution in [0.4, 0.5) is 0 Å². The largest absolute Gasteiger partial charge is 0.461 e. The van der Waals surface area contributed by atoms with Crippen LogP contribution in [0.15, 0.2) is 115 Å². The molecule has 218 valence electrons.